The Morgan fingerprint density at radius 1 is 1.07 bits per heavy atom. The number of rotatable bonds is 2. The van der Waals surface area contributed by atoms with Gasteiger partial charge in [-0.2, -0.15) is 0 Å². The zero-order valence-corrected chi connectivity index (χ0v) is 19.9. The molecule has 2 aromatic heterocycles. The van der Waals surface area contributed by atoms with E-state index >= 15 is 0 Å². The highest BCUT2D eigenvalue weighted by Crippen LogP contribution is 2.43. The molecule has 150 valence electrons. The average Bonchev–Trinajstić information content (AvgIpc) is 3.19. The number of hydrogen-bond donors (Lipinski definition) is 0. The second-order valence-corrected chi connectivity index (χ2v) is 10.1. The third-order valence-electron chi connectivity index (χ3n) is 5.22. The van der Waals surface area contributed by atoms with Gasteiger partial charge in [0.2, 0.25) is 5.76 Å². The summed E-state index contributed by atoms with van der Waals surface area (Å²) in [5.74, 6) is -0.282. The SMILES string of the molecule is Cc1nc(N2C(=O)c3oc4ccc(Br)cc4c(=O)c3[C@@H]2c2cccc(Br)c2)sc1C. The minimum Gasteiger partial charge on any atom is -0.450 e. The van der Waals surface area contributed by atoms with Crippen molar-refractivity contribution in [2.45, 2.75) is 19.9 Å². The third-order valence-corrected chi connectivity index (χ3v) is 7.28. The number of carbonyl (C=O) groups excluding carboxylic acids is 1. The van der Waals surface area contributed by atoms with Gasteiger partial charge in [-0.05, 0) is 49.7 Å². The first kappa shape index (κ1) is 19.7. The molecule has 8 heteroatoms. The predicted molar refractivity (Wildman–Crippen MR) is 125 cm³/mol. The van der Waals surface area contributed by atoms with Crippen LogP contribution in [0.1, 0.15) is 38.3 Å². The summed E-state index contributed by atoms with van der Waals surface area (Å²) in [6.45, 7) is 3.87. The molecule has 1 atom stereocenters. The number of aromatic nitrogens is 1. The van der Waals surface area contributed by atoms with Crippen molar-refractivity contribution >= 4 is 65.2 Å². The van der Waals surface area contributed by atoms with Crippen molar-refractivity contribution in [3.63, 3.8) is 0 Å². The van der Waals surface area contributed by atoms with Gasteiger partial charge in [-0.1, -0.05) is 44.0 Å². The molecule has 1 aliphatic heterocycles. The molecule has 0 fully saturated rings. The molecule has 0 bridgehead atoms. The fourth-order valence-corrected chi connectivity index (χ4v) is 5.41. The predicted octanol–water partition coefficient (Wildman–Crippen LogP) is 6.14. The van der Waals surface area contributed by atoms with Crippen LogP contribution in [0.5, 0.6) is 0 Å². The summed E-state index contributed by atoms with van der Waals surface area (Å²) in [6.07, 6.45) is 0. The van der Waals surface area contributed by atoms with Crippen LogP contribution in [0.4, 0.5) is 5.13 Å². The lowest BCUT2D eigenvalue weighted by Crippen LogP contribution is -2.29. The summed E-state index contributed by atoms with van der Waals surface area (Å²) >= 11 is 8.35. The van der Waals surface area contributed by atoms with Crippen molar-refractivity contribution in [1.82, 2.24) is 4.98 Å². The molecular formula is C22H14Br2N2O3S. The van der Waals surface area contributed by atoms with Crippen molar-refractivity contribution in [3.05, 3.63) is 89.1 Å². The number of thiazole rings is 1. The van der Waals surface area contributed by atoms with E-state index in [4.69, 9.17) is 4.42 Å². The minimum absolute atomic E-state index is 0.0744. The molecule has 5 nitrogen and oxygen atoms in total. The largest absolute Gasteiger partial charge is 0.450 e. The highest BCUT2D eigenvalue weighted by Gasteiger charge is 2.45. The highest BCUT2D eigenvalue weighted by molar-refractivity contribution is 9.10. The second-order valence-electron chi connectivity index (χ2n) is 7.09. The number of fused-ring (bicyclic) bond motifs is 2. The molecule has 0 radical (unpaired) electrons. The number of anilines is 1. The second kappa shape index (κ2) is 7.14. The van der Waals surface area contributed by atoms with Crippen LogP contribution in [-0.4, -0.2) is 10.9 Å². The molecule has 1 amide bonds. The van der Waals surface area contributed by atoms with E-state index in [9.17, 15) is 9.59 Å². The number of halogens is 2. The Kier molecular flexibility index (Phi) is 4.68. The van der Waals surface area contributed by atoms with Crippen molar-refractivity contribution in [3.8, 4) is 0 Å². The summed E-state index contributed by atoms with van der Waals surface area (Å²) in [5.41, 5.74) is 2.19. The molecule has 0 unspecified atom stereocenters. The van der Waals surface area contributed by atoms with E-state index in [0.29, 0.717) is 21.7 Å². The number of aryl methyl sites for hydroxylation is 2. The lowest BCUT2D eigenvalue weighted by molar-refractivity contribution is 0.0971. The summed E-state index contributed by atoms with van der Waals surface area (Å²) in [7, 11) is 0. The molecule has 5 rings (SSSR count). The van der Waals surface area contributed by atoms with E-state index in [1.165, 1.54) is 11.3 Å². The van der Waals surface area contributed by atoms with Gasteiger partial charge in [-0.15, -0.1) is 11.3 Å². The maximum absolute atomic E-state index is 13.5. The van der Waals surface area contributed by atoms with Gasteiger partial charge >= 0.3 is 0 Å². The lowest BCUT2D eigenvalue weighted by Gasteiger charge is -2.22. The Labute approximate surface area is 192 Å². The Hall–Kier alpha value is -2.29. The van der Waals surface area contributed by atoms with E-state index < -0.39 is 6.04 Å². The first-order valence-electron chi connectivity index (χ1n) is 9.14. The summed E-state index contributed by atoms with van der Waals surface area (Å²) in [4.78, 5) is 34.2. The number of benzene rings is 2. The number of hydrogen-bond acceptors (Lipinski definition) is 5. The number of amides is 1. The first-order chi connectivity index (χ1) is 14.3. The van der Waals surface area contributed by atoms with Gasteiger partial charge in [0, 0.05) is 13.8 Å². The van der Waals surface area contributed by atoms with Gasteiger partial charge in [-0.25, -0.2) is 4.98 Å². The van der Waals surface area contributed by atoms with Crippen LogP contribution >= 0.6 is 43.2 Å². The topological polar surface area (TPSA) is 63.4 Å². The van der Waals surface area contributed by atoms with Gasteiger partial charge in [0.25, 0.3) is 5.91 Å². The van der Waals surface area contributed by atoms with Gasteiger partial charge in [0.05, 0.1) is 22.7 Å². The van der Waals surface area contributed by atoms with E-state index in [2.05, 4.69) is 36.8 Å². The summed E-state index contributed by atoms with van der Waals surface area (Å²) in [6, 6.07) is 12.2. The van der Waals surface area contributed by atoms with Gasteiger partial charge in [-0.3, -0.25) is 14.5 Å². The molecule has 2 aromatic carbocycles. The zero-order valence-electron chi connectivity index (χ0n) is 15.9. The lowest BCUT2D eigenvalue weighted by atomic mass is 9.99. The molecule has 4 aromatic rings. The smallest absolute Gasteiger partial charge is 0.297 e. The monoisotopic (exact) mass is 544 g/mol. The normalized spacial score (nSPS) is 15.8. The van der Waals surface area contributed by atoms with Crippen LogP contribution in [-0.2, 0) is 0 Å². The van der Waals surface area contributed by atoms with Crippen molar-refractivity contribution in [1.29, 1.82) is 0 Å². The maximum atomic E-state index is 13.5. The quantitative estimate of drug-likeness (QED) is 0.303. The molecule has 0 saturated carbocycles. The van der Waals surface area contributed by atoms with E-state index in [1.54, 1.807) is 23.1 Å². The fraction of sp³-hybridized carbons (Fsp3) is 0.136. The molecular weight excluding hydrogens is 532 g/mol. The maximum Gasteiger partial charge on any atom is 0.297 e. The van der Waals surface area contributed by atoms with Gasteiger partial charge in [0.1, 0.15) is 5.58 Å². The molecule has 30 heavy (non-hydrogen) atoms. The first-order valence-corrected chi connectivity index (χ1v) is 11.5. The Bertz CT molecular complexity index is 1390. The van der Waals surface area contributed by atoms with Crippen LogP contribution in [0.2, 0.25) is 0 Å². The fourth-order valence-electron chi connectivity index (χ4n) is 3.69. The van der Waals surface area contributed by atoms with Gasteiger partial charge < -0.3 is 4.42 Å². The molecule has 0 saturated heterocycles. The van der Waals surface area contributed by atoms with Gasteiger partial charge in [0.15, 0.2) is 10.6 Å². The minimum atomic E-state index is -0.616. The van der Waals surface area contributed by atoms with Crippen LogP contribution in [0.15, 0.2) is 60.6 Å². The molecule has 0 spiro atoms. The number of nitrogens with zero attached hydrogens (tertiary/aromatic N) is 2. The molecule has 0 N–H and O–H groups in total. The van der Waals surface area contributed by atoms with E-state index in [1.807, 2.05) is 38.1 Å². The van der Waals surface area contributed by atoms with Crippen molar-refractivity contribution < 1.29 is 9.21 Å². The zero-order chi connectivity index (χ0) is 21.2. The summed E-state index contributed by atoms with van der Waals surface area (Å²) < 4.78 is 7.61. The highest BCUT2D eigenvalue weighted by atomic mass is 79.9. The van der Waals surface area contributed by atoms with Crippen molar-refractivity contribution in [2.75, 3.05) is 4.90 Å². The standard InChI is InChI=1S/C22H14Br2N2O3S/c1-10-11(2)30-22(25-10)26-18(12-4-3-5-13(23)8-12)17-19(27)15-9-14(24)6-7-16(15)29-20(17)21(26)28/h3-9,18H,1-2H3/t18-/m0/s1. The van der Waals surface area contributed by atoms with E-state index in [-0.39, 0.29) is 17.1 Å². The Morgan fingerprint density at radius 3 is 2.53 bits per heavy atom. The molecule has 1 aliphatic rings. The number of carbonyl (C=O) groups is 1. The van der Waals surface area contributed by atoms with Crippen LogP contribution < -0.4 is 10.3 Å². The van der Waals surface area contributed by atoms with Crippen molar-refractivity contribution in [2.24, 2.45) is 0 Å². The average molecular weight is 546 g/mol. The Balaban J connectivity index is 1.84. The molecule has 0 aliphatic carbocycles. The van der Waals surface area contributed by atoms with Crippen LogP contribution in [0.25, 0.3) is 11.0 Å². The van der Waals surface area contributed by atoms with Crippen LogP contribution in [0.3, 0.4) is 0 Å². The molecule has 3 heterocycles. The van der Waals surface area contributed by atoms with E-state index in [0.717, 1.165) is 25.1 Å². The third kappa shape index (κ3) is 2.97. The van der Waals surface area contributed by atoms with Crippen LogP contribution in [0, 0.1) is 13.8 Å². The Morgan fingerprint density at radius 2 is 1.83 bits per heavy atom. The summed E-state index contributed by atoms with van der Waals surface area (Å²) in [5, 5.41) is 0.986.